The van der Waals surface area contributed by atoms with Crippen molar-refractivity contribution in [3.8, 4) is 0 Å². The van der Waals surface area contributed by atoms with Gasteiger partial charge in [-0.15, -0.1) is 0 Å². The summed E-state index contributed by atoms with van der Waals surface area (Å²) in [6.07, 6.45) is 1.07. The number of esters is 1. The molecule has 16 heavy (non-hydrogen) atoms. The lowest BCUT2D eigenvalue weighted by atomic mass is 9.67. The molecular weight excluding hydrogens is 200 g/mol. The molecule has 0 aromatic carbocycles. The van der Waals surface area contributed by atoms with Crippen molar-refractivity contribution in [2.24, 2.45) is 11.3 Å². The van der Waals surface area contributed by atoms with Gasteiger partial charge in [-0.1, -0.05) is 40.7 Å². The second kappa shape index (κ2) is 5.03. The molecule has 1 unspecified atom stereocenters. The van der Waals surface area contributed by atoms with Crippen LogP contribution < -0.4 is 0 Å². The average molecular weight is 226 g/mol. The van der Waals surface area contributed by atoms with Gasteiger partial charge in [-0.2, -0.15) is 0 Å². The van der Waals surface area contributed by atoms with Crippen LogP contribution in [0, 0.1) is 11.3 Å². The van der Waals surface area contributed by atoms with Crippen LogP contribution >= 0.6 is 0 Å². The van der Waals surface area contributed by atoms with Gasteiger partial charge in [-0.3, -0.25) is 0 Å². The van der Waals surface area contributed by atoms with E-state index in [1.165, 1.54) is 0 Å². The third-order valence-electron chi connectivity index (χ3n) is 4.09. The number of rotatable bonds is 5. The molecule has 0 saturated heterocycles. The van der Waals surface area contributed by atoms with Gasteiger partial charge in [0.1, 0.15) is 5.60 Å². The van der Waals surface area contributed by atoms with Gasteiger partial charge in [0, 0.05) is 11.0 Å². The molecule has 0 aliphatic carbocycles. The molecule has 2 heteroatoms. The first-order valence-corrected chi connectivity index (χ1v) is 5.95. The number of hydrogen-bond acceptors (Lipinski definition) is 2. The van der Waals surface area contributed by atoms with E-state index in [4.69, 9.17) is 4.74 Å². The Balaban J connectivity index is 4.90. The highest BCUT2D eigenvalue weighted by molar-refractivity contribution is 5.87. The monoisotopic (exact) mass is 226 g/mol. The third kappa shape index (κ3) is 3.10. The van der Waals surface area contributed by atoms with Crippen molar-refractivity contribution in [2.75, 3.05) is 0 Å². The largest absolute Gasteiger partial charge is 0.456 e. The third-order valence-corrected chi connectivity index (χ3v) is 4.09. The summed E-state index contributed by atoms with van der Waals surface area (Å²) in [7, 11) is 0. The molecule has 94 valence electrons. The Morgan fingerprint density at radius 1 is 1.31 bits per heavy atom. The molecule has 0 bridgehead atoms. The Morgan fingerprint density at radius 3 is 2.06 bits per heavy atom. The smallest absolute Gasteiger partial charge is 0.333 e. The molecule has 2 nitrogen and oxygen atoms in total. The lowest BCUT2D eigenvalue weighted by Gasteiger charge is -2.44. The minimum Gasteiger partial charge on any atom is -0.456 e. The zero-order valence-electron chi connectivity index (χ0n) is 11.8. The quantitative estimate of drug-likeness (QED) is 0.524. The van der Waals surface area contributed by atoms with Crippen molar-refractivity contribution < 1.29 is 9.53 Å². The molecule has 0 aromatic rings. The van der Waals surface area contributed by atoms with Crippen molar-refractivity contribution in [2.45, 2.75) is 60.5 Å². The summed E-state index contributed by atoms with van der Waals surface area (Å²) in [4.78, 5) is 11.6. The summed E-state index contributed by atoms with van der Waals surface area (Å²) in [6.45, 7) is 17.9. The lowest BCUT2D eigenvalue weighted by molar-refractivity contribution is -0.168. The number of carbonyl (C=O) groups excluding carboxylic acids is 1. The van der Waals surface area contributed by atoms with Crippen LogP contribution in [0.15, 0.2) is 12.2 Å². The normalized spacial score (nSPS) is 14.4. The minimum absolute atomic E-state index is 0.0626. The summed E-state index contributed by atoms with van der Waals surface area (Å²) in [6, 6.07) is 0. The fourth-order valence-corrected chi connectivity index (χ4v) is 1.55. The van der Waals surface area contributed by atoms with Crippen LogP contribution in [-0.2, 0) is 9.53 Å². The minimum atomic E-state index is -0.488. The number of hydrogen-bond donors (Lipinski definition) is 0. The predicted octanol–water partition coefficient (Wildman–Crippen LogP) is 3.96. The first-order chi connectivity index (χ1) is 7.06. The molecule has 0 N–H and O–H groups in total. The second-order valence-corrected chi connectivity index (χ2v) is 5.71. The topological polar surface area (TPSA) is 26.3 Å². The van der Waals surface area contributed by atoms with Crippen LogP contribution in [0.5, 0.6) is 0 Å². The highest BCUT2D eigenvalue weighted by Gasteiger charge is 2.43. The lowest BCUT2D eigenvalue weighted by Crippen LogP contribution is -2.47. The first kappa shape index (κ1) is 15.2. The van der Waals surface area contributed by atoms with Crippen molar-refractivity contribution in [3.05, 3.63) is 12.2 Å². The molecular formula is C14H26O2. The molecule has 0 fully saturated rings. The first-order valence-electron chi connectivity index (χ1n) is 5.95. The molecule has 0 heterocycles. The van der Waals surface area contributed by atoms with E-state index < -0.39 is 5.60 Å². The van der Waals surface area contributed by atoms with Crippen LogP contribution in [0.2, 0.25) is 0 Å². The molecule has 0 rings (SSSR count). The van der Waals surface area contributed by atoms with Gasteiger partial charge in [-0.25, -0.2) is 4.79 Å². The second-order valence-electron chi connectivity index (χ2n) is 5.71. The molecule has 0 saturated carbocycles. The van der Waals surface area contributed by atoms with E-state index in [0.29, 0.717) is 11.5 Å². The average Bonchev–Trinajstić information content (AvgIpc) is 2.15. The van der Waals surface area contributed by atoms with Crippen LogP contribution in [0.25, 0.3) is 0 Å². The van der Waals surface area contributed by atoms with Gasteiger partial charge < -0.3 is 4.74 Å². The molecule has 0 radical (unpaired) electrons. The van der Waals surface area contributed by atoms with Gasteiger partial charge in [0.05, 0.1) is 0 Å². The van der Waals surface area contributed by atoms with Crippen LogP contribution in [0.3, 0.4) is 0 Å². The van der Waals surface area contributed by atoms with Gasteiger partial charge >= 0.3 is 5.97 Å². The van der Waals surface area contributed by atoms with E-state index in [0.717, 1.165) is 6.42 Å². The Labute approximate surface area is 100 Å². The van der Waals surface area contributed by atoms with Crippen molar-refractivity contribution in [3.63, 3.8) is 0 Å². The summed E-state index contributed by atoms with van der Waals surface area (Å²) < 4.78 is 5.55. The van der Waals surface area contributed by atoms with Crippen LogP contribution in [0.4, 0.5) is 0 Å². The highest BCUT2D eigenvalue weighted by Crippen LogP contribution is 2.42. The molecule has 0 aliphatic rings. The maximum Gasteiger partial charge on any atom is 0.333 e. The Kier molecular flexibility index (Phi) is 4.78. The van der Waals surface area contributed by atoms with E-state index in [1.54, 1.807) is 6.92 Å². The van der Waals surface area contributed by atoms with E-state index >= 15 is 0 Å². The molecule has 0 aromatic heterocycles. The predicted molar refractivity (Wildman–Crippen MR) is 68.2 cm³/mol. The van der Waals surface area contributed by atoms with Crippen molar-refractivity contribution in [1.29, 1.82) is 0 Å². The summed E-state index contributed by atoms with van der Waals surface area (Å²) in [5.74, 6) is 0.182. The highest BCUT2D eigenvalue weighted by atomic mass is 16.6. The zero-order valence-corrected chi connectivity index (χ0v) is 11.8. The van der Waals surface area contributed by atoms with Crippen LogP contribution in [0.1, 0.15) is 54.9 Å². The van der Waals surface area contributed by atoms with Crippen LogP contribution in [-0.4, -0.2) is 11.6 Å². The fourth-order valence-electron chi connectivity index (χ4n) is 1.55. The Hall–Kier alpha value is -0.790. The molecule has 0 aliphatic heterocycles. The van der Waals surface area contributed by atoms with E-state index in [-0.39, 0.29) is 11.4 Å². The summed E-state index contributed by atoms with van der Waals surface area (Å²) >= 11 is 0. The fraction of sp³-hybridized carbons (Fsp3) is 0.786. The van der Waals surface area contributed by atoms with Gasteiger partial charge in [0.15, 0.2) is 0 Å². The number of carbonyl (C=O) groups is 1. The van der Waals surface area contributed by atoms with Gasteiger partial charge in [0.2, 0.25) is 0 Å². The SMILES string of the molecule is C=C(C)C(=O)OC(C)(C)C(C)(C)C(C)CC. The van der Waals surface area contributed by atoms with E-state index in [1.807, 2.05) is 13.8 Å². The maximum atomic E-state index is 11.6. The van der Waals surface area contributed by atoms with Crippen molar-refractivity contribution in [1.82, 2.24) is 0 Å². The van der Waals surface area contributed by atoms with E-state index in [2.05, 4.69) is 34.3 Å². The van der Waals surface area contributed by atoms with Gasteiger partial charge in [-0.05, 0) is 26.7 Å². The molecule has 0 amide bonds. The number of ether oxygens (including phenoxy) is 1. The van der Waals surface area contributed by atoms with E-state index in [9.17, 15) is 4.79 Å². The maximum absolute atomic E-state index is 11.6. The molecule has 1 atom stereocenters. The summed E-state index contributed by atoms with van der Waals surface area (Å²) in [5, 5.41) is 0. The summed E-state index contributed by atoms with van der Waals surface area (Å²) in [5.41, 5.74) is -0.0984. The van der Waals surface area contributed by atoms with Crippen molar-refractivity contribution >= 4 is 5.97 Å². The Morgan fingerprint density at radius 2 is 1.75 bits per heavy atom. The zero-order chi connectivity index (χ0) is 13.1. The Bertz CT molecular complexity index is 274. The van der Waals surface area contributed by atoms with Gasteiger partial charge in [0.25, 0.3) is 0 Å². The molecule has 0 spiro atoms. The standard InChI is InChI=1S/C14H26O2/c1-9-11(4)13(5,6)14(7,8)16-12(15)10(2)3/h11H,2,9H2,1,3-8H3.